The predicted octanol–water partition coefficient (Wildman–Crippen LogP) is 4.03. The van der Waals surface area contributed by atoms with Crippen LogP contribution in [0, 0.1) is 0 Å². The SMILES string of the molecule is CCC(C)c1csc(-c2ccc(O)cc2)n1. The fourth-order valence-electron chi connectivity index (χ4n) is 1.46. The third-order valence-electron chi connectivity index (χ3n) is 2.75. The Morgan fingerprint density at radius 3 is 2.62 bits per heavy atom. The molecule has 0 spiro atoms. The standard InChI is InChI=1S/C13H15NOS/c1-3-9(2)12-8-16-13(14-12)10-4-6-11(15)7-5-10/h4-9,15H,3H2,1-2H3. The fraction of sp³-hybridized carbons (Fsp3) is 0.308. The normalized spacial score (nSPS) is 12.6. The molecule has 1 atom stereocenters. The summed E-state index contributed by atoms with van der Waals surface area (Å²) in [6, 6.07) is 7.18. The summed E-state index contributed by atoms with van der Waals surface area (Å²) in [6.45, 7) is 4.36. The molecule has 0 fully saturated rings. The minimum absolute atomic E-state index is 0.294. The average Bonchev–Trinajstić information content (AvgIpc) is 2.78. The van der Waals surface area contributed by atoms with E-state index < -0.39 is 0 Å². The Labute approximate surface area is 99.6 Å². The monoisotopic (exact) mass is 233 g/mol. The van der Waals surface area contributed by atoms with Gasteiger partial charge >= 0.3 is 0 Å². The predicted molar refractivity (Wildman–Crippen MR) is 67.9 cm³/mol. The van der Waals surface area contributed by atoms with Crippen molar-refractivity contribution in [3.63, 3.8) is 0 Å². The highest BCUT2D eigenvalue weighted by Gasteiger charge is 2.09. The molecule has 84 valence electrons. The van der Waals surface area contributed by atoms with Crippen molar-refractivity contribution in [3.8, 4) is 16.3 Å². The van der Waals surface area contributed by atoms with Crippen LogP contribution in [0.1, 0.15) is 31.9 Å². The maximum Gasteiger partial charge on any atom is 0.123 e. The first-order valence-electron chi connectivity index (χ1n) is 5.45. The van der Waals surface area contributed by atoms with Crippen LogP contribution in [0.25, 0.3) is 10.6 Å². The third-order valence-corrected chi connectivity index (χ3v) is 3.66. The van der Waals surface area contributed by atoms with Crippen molar-refractivity contribution in [1.82, 2.24) is 4.98 Å². The molecule has 2 rings (SSSR count). The van der Waals surface area contributed by atoms with Gasteiger partial charge in [-0.25, -0.2) is 4.98 Å². The van der Waals surface area contributed by atoms with Crippen LogP contribution in [-0.2, 0) is 0 Å². The molecule has 2 aromatic rings. The van der Waals surface area contributed by atoms with Crippen molar-refractivity contribution in [2.24, 2.45) is 0 Å². The van der Waals surface area contributed by atoms with Gasteiger partial charge in [0.15, 0.2) is 0 Å². The molecule has 1 aromatic carbocycles. The Hall–Kier alpha value is -1.35. The molecule has 1 unspecified atom stereocenters. The number of thiazole rings is 1. The number of benzene rings is 1. The number of aromatic nitrogens is 1. The minimum Gasteiger partial charge on any atom is -0.508 e. The molecule has 0 saturated heterocycles. The van der Waals surface area contributed by atoms with Crippen LogP contribution >= 0.6 is 11.3 Å². The first-order chi connectivity index (χ1) is 7.70. The van der Waals surface area contributed by atoms with Gasteiger partial charge in [-0.1, -0.05) is 13.8 Å². The molecule has 0 amide bonds. The molecule has 0 aliphatic heterocycles. The van der Waals surface area contributed by atoms with Crippen LogP contribution in [0.3, 0.4) is 0 Å². The third kappa shape index (κ3) is 2.25. The number of phenolic OH excluding ortho intramolecular Hbond substituents is 1. The zero-order valence-electron chi connectivity index (χ0n) is 9.47. The van der Waals surface area contributed by atoms with E-state index in [0.717, 1.165) is 22.7 Å². The van der Waals surface area contributed by atoms with E-state index in [2.05, 4.69) is 24.2 Å². The maximum absolute atomic E-state index is 9.22. The van der Waals surface area contributed by atoms with Crippen molar-refractivity contribution < 1.29 is 5.11 Å². The van der Waals surface area contributed by atoms with E-state index in [1.165, 1.54) is 0 Å². The molecule has 3 heteroatoms. The molecule has 1 heterocycles. The lowest BCUT2D eigenvalue weighted by Crippen LogP contribution is -1.90. The van der Waals surface area contributed by atoms with E-state index in [-0.39, 0.29) is 0 Å². The molecule has 0 bridgehead atoms. The van der Waals surface area contributed by atoms with E-state index in [1.807, 2.05) is 12.1 Å². The van der Waals surface area contributed by atoms with E-state index in [9.17, 15) is 5.11 Å². The van der Waals surface area contributed by atoms with Gasteiger partial charge in [0.25, 0.3) is 0 Å². The summed E-state index contributed by atoms with van der Waals surface area (Å²) in [4.78, 5) is 4.62. The fourth-order valence-corrected chi connectivity index (χ4v) is 2.41. The molecule has 1 aromatic heterocycles. The molecule has 0 aliphatic rings. The molecule has 2 nitrogen and oxygen atoms in total. The summed E-state index contributed by atoms with van der Waals surface area (Å²) < 4.78 is 0. The molecular weight excluding hydrogens is 218 g/mol. The number of rotatable bonds is 3. The summed E-state index contributed by atoms with van der Waals surface area (Å²) in [5.41, 5.74) is 2.23. The molecule has 0 saturated carbocycles. The zero-order chi connectivity index (χ0) is 11.5. The Kier molecular flexibility index (Phi) is 3.25. The van der Waals surface area contributed by atoms with Crippen LogP contribution < -0.4 is 0 Å². The van der Waals surface area contributed by atoms with Crippen LogP contribution in [-0.4, -0.2) is 10.1 Å². The van der Waals surface area contributed by atoms with E-state index in [1.54, 1.807) is 23.5 Å². The van der Waals surface area contributed by atoms with Crippen molar-refractivity contribution in [1.29, 1.82) is 0 Å². The Morgan fingerprint density at radius 1 is 1.31 bits per heavy atom. The van der Waals surface area contributed by atoms with Crippen LogP contribution in [0.2, 0.25) is 0 Å². The second-order valence-electron chi connectivity index (χ2n) is 3.93. The lowest BCUT2D eigenvalue weighted by atomic mass is 10.1. The highest BCUT2D eigenvalue weighted by molar-refractivity contribution is 7.13. The largest absolute Gasteiger partial charge is 0.508 e. The van der Waals surface area contributed by atoms with Crippen molar-refractivity contribution >= 4 is 11.3 Å². The quantitative estimate of drug-likeness (QED) is 0.868. The van der Waals surface area contributed by atoms with Crippen LogP contribution in [0.15, 0.2) is 29.6 Å². The van der Waals surface area contributed by atoms with Crippen LogP contribution in [0.4, 0.5) is 0 Å². The summed E-state index contributed by atoms with van der Waals surface area (Å²) in [5, 5.41) is 12.4. The Bertz CT molecular complexity index is 461. The van der Waals surface area contributed by atoms with Gasteiger partial charge in [-0.05, 0) is 36.6 Å². The van der Waals surface area contributed by atoms with Gasteiger partial charge in [-0.3, -0.25) is 0 Å². The number of nitrogens with zero attached hydrogens (tertiary/aromatic N) is 1. The van der Waals surface area contributed by atoms with Gasteiger partial charge in [-0.2, -0.15) is 0 Å². The first kappa shape index (κ1) is 11.1. The van der Waals surface area contributed by atoms with Crippen LogP contribution in [0.5, 0.6) is 5.75 Å². The van der Waals surface area contributed by atoms with Gasteiger partial charge in [0.1, 0.15) is 10.8 Å². The van der Waals surface area contributed by atoms with Crippen molar-refractivity contribution in [2.45, 2.75) is 26.2 Å². The zero-order valence-corrected chi connectivity index (χ0v) is 10.3. The molecule has 0 aliphatic carbocycles. The smallest absolute Gasteiger partial charge is 0.123 e. The number of aromatic hydroxyl groups is 1. The van der Waals surface area contributed by atoms with Gasteiger partial charge < -0.3 is 5.11 Å². The lowest BCUT2D eigenvalue weighted by Gasteiger charge is -2.02. The van der Waals surface area contributed by atoms with Gasteiger partial charge in [-0.15, -0.1) is 11.3 Å². The summed E-state index contributed by atoms with van der Waals surface area (Å²) in [7, 11) is 0. The average molecular weight is 233 g/mol. The van der Waals surface area contributed by atoms with E-state index in [0.29, 0.717) is 11.7 Å². The van der Waals surface area contributed by atoms with Crippen molar-refractivity contribution in [3.05, 3.63) is 35.3 Å². The molecular formula is C13H15NOS. The van der Waals surface area contributed by atoms with E-state index >= 15 is 0 Å². The molecule has 1 N–H and O–H groups in total. The van der Waals surface area contributed by atoms with Gasteiger partial charge in [0.05, 0.1) is 5.69 Å². The Balaban J connectivity index is 2.28. The second-order valence-corrected chi connectivity index (χ2v) is 4.79. The van der Waals surface area contributed by atoms with Crippen molar-refractivity contribution in [2.75, 3.05) is 0 Å². The first-order valence-corrected chi connectivity index (χ1v) is 6.33. The highest BCUT2D eigenvalue weighted by atomic mass is 32.1. The highest BCUT2D eigenvalue weighted by Crippen LogP contribution is 2.28. The maximum atomic E-state index is 9.22. The summed E-state index contributed by atoms with van der Waals surface area (Å²) in [6.07, 6.45) is 1.11. The summed E-state index contributed by atoms with van der Waals surface area (Å²) >= 11 is 1.66. The number of phenols is 1. The Morgan fingerprint density at radius 2 is 2.00 bits per heavy atom. The molecule has 16 heavy (non-hydrogen) atoms. The van der Waals surface area contributed by atoms with Gasteiger partial charge in [0, 0.05) is 10.9 Å². The lowest BCUT2D eigenvalue weighted by molar-refractivity contribution is 0.475. The second kappa shape index (κ2) is 4.66. The molecule has 0 radical (unpaired) electrons. The number of hydrogen-bond acceptors (Lipinski definition) is 3. The van der Waals surface area contributed by atoms with E-state index in [4.69, 9.17) is 0 Å². The topological polar surface area (TPSA) is 33.1 Å². The summed E-state index contributed by atoms with van der Waals surface area (Å²) in [5.74, 6) is 0.810. The number of hydrogen-bond donors (Lipinski definition) is 1. The minimum atomic E-state index is 0.294. The van der Waals surface area contributed by atoms with Gasteiger partial charge in [0.2, 0.25) is 0 Å².